The second-order valence-corrected chi connectivity index (χ2v) is 8.76. The van der Waals surface area contributed by atoms with Crippen molar-refractivity contribution in [2.24, 2.45) is 0 Å². The van der Waals surface area contributed by atoms with E-state index in [9.17, 15) is 18.0 Å². The Bertz CT molecular complexity index is 1280. The molecule has 0 unspecified atom stereocenters. The van der Waals surface area contributed by atoms with E-state index in [-0.39, 0.29) is 37.0 Å². The average Bonchev–Trinajstić information content (AvgIpc) is 3.26. The van der Waals surface area contributed by atoms with Crippen molar-refractivity contribution in [2.75, 3.05) is 23.8 Å². The molecule has 2 N–H and O–H groups in total. The van der Waals surface area contributed by atoms with Gasteiger partial charge in [-0.3, -0.25) is 9.20 Å². The number of nitrogens with one attached hydrogen (secondary N) is 2. The molecule has 0 spiro atoms. The van der Waals surface area contributed by atoms with Crippen molar-refractivity contribution < 1.29 is 27.4 Å². The van der Waals surface area contributed by atoms with Gasteiger partial charge in [-0.2, -0.15) is 18.2 Å². The standard InChI is InChI=1S/C23H24F3N7O3/c1-2-18(34)29-17-7-4-8-33-19(31-32-20(17)33)13-5-3-6-14(9-13)28-22-27-10-16(23(24,25)26)21(30-22)36-15-11-35-12-15/h2,4,7-8,10,13-15H,1,3,5-6,9,11-12H2,(H,29,34)(H,27,28,30)/t13-,14+/m0/s1. The molecule has 2 atom stereocenters. The normalized spacial score (nSPS) is 20.5. The molecule has 3 aromatic rings. The Labute approximate surface area is 203 Å². The van der Waals surface area contributed by atoms with Crippen LogP contribution in [0, 0.1) is 0 Å². The van der Waals surface area contributed by atoms with Crippen molar-refractivity contribution in [3.63, 3.8) is 0 Å². The number of fused-ring (bicyclic) bond motifs is 1. The van der Waals surface area contributed by atoms with E-state index in [2.05, 4.69) is 37.4 Å². The predicted molar refractivity (Wildman–Crippen MR) is 123 cm³/mol. The number of halogens is 3. The van der Waals surface area contributed by atoms with Gasteiger partial charge in [0.2, 0.25) is 17.7 Å². The Morgan fingerprint density at radius 1 is 1.28 bits per heavy atom. The van der Waals surface area contributed by atoms with Gasteiger partial charge in [-0.15, -0.1) is 10.2 Å². The second-order valence-electron chi connectivity index (χ2n) is 8.76. The molecule has 1 aliphatic heterocycles. The number of rotatable bonds is 7. The molecule has 2 aliphatic rings. The van der Waals surface area contributed by atoms with Crippen LogP contribution in [-0.4, -0.2) is 55.8 Å². The molecule has 4 heterocycles. The van der Waals surface area contributed by atoms with Crippen LogP contribution < -0.4 is 15.4 Å². The quantitative estimate of drug-likeness (QED) is 0.470. The number of pyridine rings is 1. The third-order valence-electron chi connectivity index (χ3n) is 6.22. The third kappa shape index (κ3) is 4.96. The van der Waals surface area contributed by atoms with E-state index in [1.54, 1.807) is 12.1 Å². The predicted octanol–water partition coefficient (Wildman–Crippen LogP) is 3.58. The summed E-state index contributed by atoms with van der Waals surface area (Å²) in [5.74, 6) is 0.00405. The Balaban J connectivity index is 1.33. The van der Waals surface area contributed by atoms with Gasteiger partial charge in [0.05, 0.1) is 18.9 Å². The Hall–Kier alpha value is -3.74. The number of aromatic nitrogens is 5. The fourth-order valence-electron chi connectivity index (χ4n) is 4.39. The topological polar surface area (TPSA) is 116 Å². The molecule has 0 radical (unpaired) electrons. The molecule has 0 bridgehead atoms. The first kappa shape index (κ1) is 24.0. The number of anilines is 2. The zero-order valence-corrected chi connectivity index (χ0v) is 19.2. The van der Waals surface area contributed by atoms with Gasteiger partial charge in [0.25, 0.3) is 0 Å². The van der Waals surface area contributed by atoms with Crippen molar-refractivity contribution in [1.29, 1.82) is 0 Å². The lowest BCUT2D eigenvalue weighted by molar-refractivity contribution is -0.142. The summed E-state index contributed by atoms with van der Waals surface area (Å²) in [7, 11) is 0. The lowest BCUT2D eigenvalue weighted by Crippen LogP contribution is -2.39. The minimum absolute atomic E-state index is 0.0360. The van der Waals surface area contributed by atoms with Crippen LogP contribution >= 0.6 is 0 Å². The average molecular weight is 503 g/mol. The van der Waals surface area contributed by atoms with Gasteiger partial charge in [0.1, 0.15) is 17.5 Å². The van der Waals surface area contributed by atoms with Crippen LogP contribution in [0.2, 0.25) is 0 Å². The van der Waals surface area contributed by atoms with E-state index < -0.39 is 23.7 Å². The molecule has 1 saturated carbocycles. The van der Waals surface area contributed by atoms with Crippen molar-refractivity contribution in [3.05, 3.63) is 48.6 Å². The lowest BCUT2D eigenvalue weighted by atomic mass is 9.85. The van der Waals surface area contributed by atoms with E-state index >= 15 is 0 Å². The number of hydrogen-bond donors (Lipinski definition) is 2. The molecule has 0 aromatic carbocycles. The van der Waals surface area contributed by atoms with Crippen LogP contribution in [0.25, 0.3) is 5.65 Å². The SMILES string of the molecule is C=CC(=O)Nc1cccn2c([C@H]3CCC[C@@H](Nc4ncc(C(F)(F)F)c(OC5COC5)n4)C3)nnc12. The maximum absolute atomic E-state index is 13.4. The third-order valence-corrected chi connectivity index (χ3v) is 6.22. The molecular weight excluding hydrogens is 479 g/mol. The summed E-state index contributed by atoms with van der Waals surface area (Å²) in [6, 6.07) is 3.44. The number of carbonyl (C=O) groups is 1. The molecule has 2 fully saturated rings. The molecule has 36 heavy (non-hydrogen) atoms. The molecule has 1 saturated heterocycles. The minimum atomic E-state index is -4.63. The van der Waals surface area contributed by atoms with Crippen LogP contribution in [-0.2, 0) is 15.7 Å². The highest BCUT2D eigenvalue weighted by atomic mass is 19.4. The van der Waals surface area contributed by atoms with Crippen LogP contribution in [0.5, 0.6) is 5.88 Å². The number of amides is 1. The number of hydrogen-bond acceptors (Lipinski definition) is 8. The maximum Gasteiger partial charge on any atom is 0.423 e. The first-order valence-electron chi connectivity index (χ1n) is 11.5. The summed E-state index contributed by atoms with van der Waals surface area (Å²) in [4.78, 5) is 19.7. The molecule has 13 heteroatoms. The number of ether oxygens (including phenoxy) is 2. The highest BCUT2D eigenvalue weighted by Gasteiger charge is 2.38. The Kier molecular flexibility index (Phi) is 6.48. The van der Waals surface area contributed by atoms with Crippen molar-refractivity contribution in [1.82, 2.24) is 24.6 Å². The van der Waals surface area contributed by atoms with Crippen molar-refractivity contribution in [2.45, 2.75) is 49.9 Å². The van der Waals surface area contributed by atoms with Gasteiger partial charge in [0.15, 0.2) is 5.65 Å². The van der Waals surface area contributed by atoms with Gasteiger partial charge in [-0.05, 0) is 37.5 Å². The molecule has 10 nitrogen and oxygen atoms in total. The van der Waals surface area contributed by atoms with Gasteiger partial charge in [-0.1, -0.05) is 13.0 Å². The van der Waals surface area contributed by atoms with E-state index in [1.807, 2.05) is 10.6 Å². The number of carbonyl (C=O) groups excluding carboxylic acids is 1. The highest BCUT2D eigenvalue weighted by molar-refractivity contribution is 6.01. The fraction of sp³-hybridized carbons (Fsp3) is 0.435. The van der Waals surface area contributed by atoms with Crippen LogP contribution in [0.3, 0.4) is 0 Å². The van der Waals surface area contributed by atoms with Crippen molar-refractivity contribution >= 4 is 23.2 Å². The van der Waals surface area contributed by atoms with Crippen LogP contribution in [0.1, 0.15) is 43.0 Å². The van der Waals surface area contributed by atoms with Gasteiger partial charge in [0, 0.05) is 24.4 Å². The summed E-state index contributed by atoms with van der Waals surface area (Å²) in [6.07, 6.45) is 1.85. The number of alkyl halides is 3. The van der Waals surface area contributed by atoms with E-state index in [4.69, 9.17) is 9.47 Å². The smallest absolute Gasteiger partial charge is 0.423 e. The monoisotopic (exact) mass is 503 g/mol. The molecule has 190 valence electrons. The summed E-state index contributed by atoms with van der Waals surface area (Å²) in [6.45, 7) is 3.90. The van der Waals surface area contributed by atoms with Crippen LogP contribution in [0.15, 0.2) is 37.2 Å². The van der Waals surface area contributed by atoms with Crippen LogP contribution in [0.4, 0.5) is 24.8 Å². The highest BCUT2D eigenvalue weighted by Crippen LogP contribution is 2.37. The molecule has 1 aliphatic carbocycles. The van der Waals surface area contributed by atoms with E-state index in [0.717, 1.165) is 31.3 Å². The van der Waals surface area contributed by atoms with E-state index in [1.165, 1.54) is 6.08 Å². The molecular formula is C23H24F3N7O3. The molecule has 3 aromatic heterocycles. The maximum atomic E-state index is 13.4. The van der Waals surface area contributed by atoms with E-state index in [0.29, 0.717) is 17.8 Å². The zero-order chi connectivity index (χ0) is 25.3. The second kappa shape index (κ2) is 9.72. The first-order valence-corrected chi connectivity index (χ1v) is 11.5. The van der Waals surface area contributed by atoms with Gasteiger partial charge >= 0.3 is 6.18 Å². The van der Waals surface area contributed by atoms with Crippen molar-refractivity contribution in [3.8, 4) is 5.88 Å². The lowest BCUT2D eigenvalue weighted by Gasteiger charge is -2.30. The minimum Gasteiger partial charge on any atom is -0.469 e. The molecule has 5 rings (SSSR count). The summed E-state index contributed by atoms with van der Waals surface area (Å²) >= 11 is 0. The summed E-state index contributed by atoms with van der Waals surface area (Å²) in [5, 5.41) is 14.5. The van der Waals surface area contributed by atoms with Gasteiger partial charge in [-0.25, -0.2) is 4.98 Å². The van der Waals surface area contributed by atoms with Gasteiger partial charge < -0.3 is 20.1 Å². The number of nitrogens with zero attached hydrogens (tertiary/aromatic N) is 5. The Morgan fingerprint density at radius 2 is 2.11 bits per heavy atom. The fourth-order valence-corrected chi connectivity index (χ4v) is 4.39. The molecule has 1 amide bonds. The first-order chi connectivity index (χ1) is 17.3. The Morgan fingerprint density at radius 3 is 2.83 bits per heavy atom. The summed E-state index contributed by atoms with van der Waals surface area (Å²) < 4.78 is 52.5. The zero-order valence-electron chi connectivity index (χ0n) is 19.2. The largest absolute Gasteiger partial charge is 0.469 e. The summed E-state index contributed by atoms with van der Waals surface area (Å²) in [5.41, 5.74) is 0.0237.